The van der Waals surface area contributed by atoms with E-state index in [0.29, 0.717) is 18.2 Å². The van der Waals surface area contributed by atoms with Gasteiger partial charge in [0.25, 0.3) is 0 Å². The van der Waals surface area contributed by atoms with Gasteiger partial charge in [0.1, 0.15) is 0 Å². The molecule has 1 atom stereocenters. The highest BCUT2D eigenvalue weighted by molar-refractivity contribution is 9.10. The maximum atomic E-state index is 5.57. The summed E-state index contributed by atoms with van der Waals surface area (Å²) in [5.41, 5.74) is 1.33. The van der Waals surface area contributed by atoms with E-state index < -0.39 is 0 Å². The van der Waals surface area contributed by atoms with Crippen LogP contribution in [0.1, 0.15) is 38.3 Å². The summed E-state index contributed by atoms with van der Waals surface area (Å²) in [6, 6.07) is 9.39. The van der Waals surface area contributed by atoms with E-state index in [9.17, 15) is 0 Å². The van der Waals surface area contributed by atoms with Crippen LogP contribution in [0.3, 0.4) is 0 Å². The first-order valence-corrected chi connectivity index (χ1v) is 7.12. The second-order valence-corrected chi connectivity index (χ2v) is 5.51. The van der Waals surface area contributed by atoms with E-state index in [1.165, 1.54) is 10.0 Å². The van der Waals surface area contributed by atoms with E-state index in [1.807, 2.05) is 0 Å². The molecule has 0 bridgehead atoms. The van der Waals surface area contributed by atoms with Crippen molar-refractivity contribution in [1.82, 2.24) is 5.32 Å². The van der Waals surface area contributed by atoms with E-state index in [1.54, 1.807) is 0 Å². The molecule has 0 amide bonds. The first-order chi connectivity index (χ1) is 8.20. The predicted octanol–water partition coefficient (Wildman–Crippen LogP) is 3.67. The molecule has 2 rings (SSSR count). The van der Waals surface area contributed by atoms with Gasteiger partial charge in [-0.1, -0.05) is 34.1 Å². The Balaban J connectivity index is 1.83. The highest BCUT2D eigenvalue weighted by Crippen LogP contribution is 2.28. The van der Waals surface area contributed by atoms with E-state index in [4.69, 9.17) is 4.74 Å². The molecule has 2 nitrogen and oxygen atoms in total. The number of hydrogen-bond acceptors (Lipinski definition) is 2. The molecule has 0 aliphatic heterocycles. The molecule has 3 heteroatoms. The molecule has 0 heterocycles. The Morgan fingerprint density at radius 3 is 2.76 bits per heavy atom. The van der Waals surface area contributed by atoms with Crippen LogP contribution in [0.15, 0.2) is 28.7 Å². The summed E-state index contributed by atoms with van der Waals surface area (Å²) in [5, 5.41) is 3.65. The molecule has 17 heavy (non-hydrogen) atoms. The van der Waals surface area contributed by atoms with E-state index in [2.05, 4.69) is 59.4 Å². The molecule has 1 fully saturated rings. The third kappa shape index (κ3) is 3.30. The molecular formula is C14H20BrNO. The average molecular weight is 298 g/mol. The molecular weight excluding hydrogens is 278 g/mol. The Morgan fingerprint density at radius 2 is 2.12 bits per heavy atom. The number of nitrogens with one attached hydrogen (secondary N) is 1. The Labute approximate surface area is 112 Å². The average Bonchev–Trinajstić information content (AvgIpc) is 2.26. The van der Waals surface area contributed by atoms with Crippen molar-refractivity contribution in [2.75, 3.05) is 6.61 Å². The van der Waals surface area contributed by atoms with Gasteiger partial charge in [-0.15, -0.1) is 0 Å². The zero-order valence-corrected chi connectivity index (χ0v) is 12.0. The summed E-state index contributed by atoms with van der Waals surface area (Å²) in [5.74, 6) is 0. The molecule has 0 spiro atoms. The molecule has 1 aliphatic carbocycles. The SMILES string of the molecule is CCOC1CC(N[C@@H](C)c2ccccc2Br)C1. The van der Waals surface area contributed by atoms with Gasteiger partial charge in [-0.2, -0.15) is 0 Å². The second kappa shape index (κ2) is 5.98. The van der Waals surface area contributed by atoms with Crippen molar-refractivity contribution in [2.24, 2.45) is 0 Å². The van der Waals surface area contributed by atoms with Gasteiger partial charge >= 0.3 is 0 Å². The standard InChI is InChI=1S/C14H20BrNO/c1-3-17-12-8-11(9-12)16-10(2)13-6-4-5-7-14(13)15/h4-7,10-12,16H,3,8-9H2,1-2H3/t10-,11?,12?/m0/s1. The van der Waals surface area contributed by atoms with Gasteiger partial charge in [-0.3, -0.25) is 0 Å². The zero-order chi connectivity index (χ0) is 12.3. The third-order valence-corrected chi connectivity index (χ3v) is 4.08. The Morgan fingerprint density at radius 1 is 1.41 bits per heavy atom. The monoisotopic (exact) mass is 297 g/mol. The molecule has 0 aromatic heterocycles. The molecule has 1 N–H and O–H groups in total. The first-order valence-electron chi connectivity index (χ1n) is 6.32. The first kappa shape index (κ1) is 13.1. The largest absolute Gasteiger partial charge is 0.378 e. The lowest BCUT2D eigenvalue weighted by atomic mass is 9.88. The van der Waals surface area contributed by atoms with Crippen molar-refractivity contribution in [3.63, 3.8) is 0 Å². The van der Waals surface area contributed by atoms with Crippen molar-refractivity contribution in [2.45, 2.75) is 44.9 Å². The van der Waals surface area contributed by atoms with Crippen LogP contribution in [0.4, 0.5) is 0 Å². The lowest BCUT2D eigenvalue weighted by Crippen LogP contribution is -2.46. The topological polar surface area (TPSA) is 21.3 Å². The second-order valence-electron chi connectivity index (χ2n) is 4.66. The van der Waals surface area contributed by atoms with Crippen LogP contribution < -0.4 is 5.32 Å². The number of halogens is 1. The van der Waals surface area contributed by atoms with E-state index in [-0.39, 0.29) is 0 Å². The van der Waals surface area contributed by atoms with Crippen LogP contribution in [0.2, 0.25) is 0 Å². The Kier molecular flexibility index (Phi) is 4.60. The van der Waals surface area contributed by atoms with Gasteiger partial charge in [-0.25, -0.2) is 0 Å². The van der Waals surface area contributed by atoms with Crippen LogP contribution >= 0.6 is 15.9 Å². The summed E-state index contributed by atoms with van der Waals surface area (Å²) in [6.07, 6.45) is 2.76. The van der Waals surface area contributed by atoms with Crippen LogP contribution in [-0.2, 0) is 4.74 Å². The van der Waals surface area contributed by atoms with Gasteiger partial charge in [0.15, 0.2) is 0 Å². The lowest BCUT2D eigenvalue weighted by molar-refractivity contribution is -0.0120. The smallest absolute Gasteiger partial charge is 0.0604 e. The fourth-order valence-electron chi connectivity index (χ4n) is 2.34. The molecule has 0 radical (unpaired) electrons. The lowest BCUT2D eigenvalue weighted by Gasteiger charge is -2.37. The summed E-state index contributed by atoms with van der Waals surface area (Å²) in [6.45, 7) is 5.11. The summed E-state index contributed by atoms with van der Waals surface area (Å²) >= 11 is 3.60. The van der Waals surface area contributed by atoms with Crippen molar-refractivity contribution in [3.8, 4) is 0 Å². The Hall–Kier alpha value is -0.380. The quantitative estimate of drug-likeness (QED) is 0.895. The minimum Gasteiger partial charge on any atom is -0.378 e. The number of ether oxygens (including phenoxy) is 1. The number of hydrogen-bond donors (Lipinski definition) is 1. The normalized spacial score (nSPS) is 25.4. The van der Waals surface area contributed by atoms with Crippen LogP contribution in [0.5, 0.6) is 0 Å². The summed E-state index contributed by atoms with van der Waals surface area (Å²) < 4.78 is 6.75. The molecule has 1 saturated carbocycles. The van der Waals surface area contributed by atoms with Gasteiger partial charge in [-0.05, 0) is 38.3 Å². The van der Waals surface area contributed by atoms with Crippen LogP contribution in [0.25, 0.3) is 0 Å². The number of benzene rings is 1. The molecule has 0 unspecified atom stereocenters. The fourth-order valence-corrected chi connectivity index (χ4v) is 2.97. The number of rotatable bonds is 5. The van der Waals surface area contributed by atoms with Gasteiger partial charge < -0.3 is 10.1 Å². The third-order valence-electron chi connectivity index (χ3n) is 3.35. The van der Waals surface area contributed by atoms with Crippen molar-refractivity contribution in [1.29, 1.82) is 0 Å². The van der Waals surface area contributed by atoms with Crippen molar-refractivity contribution in [3.05, 3.63) is 34.3 Å². The molecule has 1 aliphatic rings. The van der Waals surface area contributed by atoms with Crippen molar-refractivity contribution >= 4 is 15.9 Å². The Bertz CT molecular complexity index is 363. The van der Waals surface area contributed by atoms with Crippen LogP contribution in [-0.4, -0.2) is 18.8 Å². The maximum absolute atomic E-state index is 5.57. The van der Waals surface area contributed by atoms with Crippen LogP contribution in [0, 0.1) is 0 Å². The predicted molar refractivity (Wildman–Crippen MR) is 74.1 cm³/mol. The van der Waals surface area contributed by atoms with E-state index in [0.717, 1.165) is 19.4 Å². The maximum Gasteiger partial charge on any atom is 0.0604 e. The van der Waals surface area contributed by atoms with E-state index >= 15 is 0 Å². The minimum absolute atomic E-state index is 0.387. The van der Waals surface area contributed by atoms with Gasteiger partial charge in [0, 0.05) is 23.2 Å². The minimum atomic E-state index is 0.387. The molecule has 1 aromatic rings. The summed E-state index contributed by atoms with van der Waals surface area (Å²) in [4.78, 5) is 0. The molecule has 0 saturated heterocycles. The summed E-state index contributed by atoms with van der Waals surface area (Å²) in [7, 11) is 0. The van der Waals surface area contributed by atoms with Crippen molar-refractivity contribution < 1.29 is 4.74 Å². The molecule has 94 valence electrons. The highest BCUT2D eigenvalue weighted by Gasteiger charge is 2.30. The highest BCUT2D eigenvalue weighted by atomic mass is 79.9. The molecule has 1 aromatic carbocycles. The zero-order valence-electron chi connectivity index (χ0n) is 10.4. The van der Waals surface area contributed by atoms with Gasteiger partial charge in [0.2, 0.25) is 0 Å². The fraction of sp³-hybridized carbons (Fsp3) is 0.571. The van der Waals surface area contributed by atoms with Gasteiger partial charge in [0.05, 0.1) is 6.10 Å².